The number of benzene rings is 1. The molecule has 0 aliphatic carbocycles. The lowest BCUT2D eigenvalue weighted by molar-refractivity contribution is 0.685. The summed E-state index contributed by atoms with van der Waals surface area (Å²) in [5.41, 5.74) is 4.20. The zero-order valence-electron chi connectivity index (χ0n) is 9.57. The van der Waals surface area contributed by atoms with Gasteiger partial charge in [-0.25, -0.2) is 0 Å². The molecule has 0 spiro atoms. The standard InChI is InChI=1S/C14H17NS/c1-12-4-2-3-5-14(12)10-15-8-6-13-7-9-16-11-13/h2-5,7,9,11,15H,6,8,10H2,1H3. The fraction of sp³-hybridized carbons (Fsp3) is 0.286. The molecule has 0 amide bonds. The fourth-order valence-electron chi connectivity index (χ4n) is 1.70. The molecule has 0 atom stereocenters. The molecule has 0 bridgehead atoms. The third-order valence-electron chi connectivity index (χ3n) is 2.75. The van der Waals surface area contributed by atoms with Crippen LogP contribution < -0.4 is 5.32 Å². The predicted molar refractivity (Wildman–Crippen MR) is 70.9 cm³/mol. The second-order valence-corrected chi connectivity index (χ2v) is 4.76. The van der Waals surface area contributed by atoms with Gasteiger partial charge in [0.15, 0.2) is 0 Å². The monoisotopic (exact) mass is 231 g/mol. The Labute approximate surface area is 101 Å². The van der Waals surface area contributed by atoms with Crippen molar-refractivity contribution in [3.05, 3.63) is 57.8 Å². The normalized spacial score (nSPS) is 10.6. The van der Waals surface area contributed by atoms with E-state index in [1.54, 1.807) is 11.3 Å². The quantitative estimate of drug-likeness (QED) is 0.778. The lowest BCUT2D eigenvalue weighted by Crippen LogP contribution is -2.17. The van der Waals surface area contributed by atoms with Gasteiger partial charge in [0.2, 0.25) is 0 Å². The summed E-state index contributed by atoms with van der Waals surface area (Å²) in [4.78, 5) is 0. The third-order valence-corrected chi connectivity index (χ3v) is 3.48. The maximum Gasteiger partial charge on any atom is 0.0208 e. The third kappa shape index (κ3) is 3.19. The second-order valence-electron chi connectivity index (χ2n) is 3.98. The van der Waals surface area contributed by atoms with Gasteiger partial charge in [0.25, 0.3) is 0 Å². The molecule has 1 N–H and O–H groups in total. The lowest BCUT2D eigenvalue weighted by Gasteiger charge is -2.06. The molecular formula is C14H17NS. The summed E-state index contributed by atoms with van der Waals surface area (Å²) in [6.45, 7) is 4.18. The van der Waals surface area contributed by atoms with Gasteiger partial charge in [0, 0.05) is 6.54 Å². The number of thiophene rings is 1. The first-order chi connectivity index (χ1) is 7.86. The summed E-state index contributed by atoms with van der Waals surface area (Å²) in [7, 11) is 0. The molecule has 2 heteroatoms. The van der Waals surface area contributed by atoms with Crippen molar-refractivity contribution in [2.75, 3.05) is 6.54 Å². The van der Waals surface area contributed by atoms with Gasteiger partial charge in [-0.1, -0.05) is 24.3 Å². The largest absolute Gasteiger partial charge is 0.312 e. The van der Waals surface area contributed by atoms with Crippen LogP contribution >= 0.6 is 11.3 Å². The van der Waals surface area contributed by atoms with E-state index in [9.17, 15) is 0 Å². The Kier molecular flexibility index (Phi) is 4.14. The van der Waals surface area contributed by atoms with Crippen LogP contribution in [0.3, 0.4) is 0 Å². The van der Waals surface area contributed by atoms with E-state index in [1.165, 1.54) is 16.7 Å². The van der Waals surface area contributed by atoms with E-state index in [-0.39, 0.29) is 0 Å². The Bertz CT molecular complexity index is 420. The van der Waals surface area contributed by atoms with E-state index < -0.39 is 0 Å². The summed E-state index contributed by atoms with van der Waals surface area (Å²) in [5.74, 6) is 0. The summed E-state index contributed by atoms with van der Waals surface area (Å²) in [5, 5.41) is 7.84. The van der Waals surface area contributed by atoms with Gasteiger partial charge in [0.1, 0.15) is 0 Å². The maximum absolute atomic E-state index is 3.49. The summed E-state index contributed by atoms with van der Waals surface area (Å²) in [6.07, 6.45) is 1.12. The molecule has 2 rings (SSSR count). The van der Waals surface area contributed by atoms with Gasteiger partial charge in [0.05, 0.1) is 0 Å². The molecule has 1 nitrogen and oxygen atoms in total. The Morgan fingerprint density at radius 1 is 1.19 bits per heavy atom. The molecule has 84 valence electrons. The highest BCUT2D eigenvalue weighted by Gasteiger charge is 1.96. The van der Waals surface area contributed by atoms with Crippen LogP contribution in [0.4, 0.5) is 0 Å². The number of hydrogen-bond acceptors (Lipinski definition) is 2. The van der Waals surface area contributed by atoms with Gasteiger partial charge >= 0.3 is 0 Å². The molecule has 1 aromatic heterocycles. The molecular weight excluding hydrogens is 214 g/mol. The first kappa shape index (κ1) is 11.4. The van der Waals surface area contributed by atoms with Gasteiger partial charge in [-0.05, 0) is 53.4 Å². The number of hydrogen-bond donors (Lipinski definition) is 1. The molecule has 1 aromatic carbocycles. The van der Waals surface area contributed by atoms with Gasteiger partial charge in [-0.2, -0.15) is 11.3 Å². The predicted octanol–water partition coefficient (Wildman–Crippen LogP) is 3.39. The van der Waals surface area contributed by atoms with Crippen molar-refractivity contribution in [2.24, 2.45) is 0 Å². The minimum atomic E-state index is 0.969. The van der Waals surface area contributed by atoms with Crippen LogP contribution in [0.2, 0.25) is 0 Å². The number of rotatable bonds is 5. The first-order valence-corrected chi connectivity index (χ1v) is 6.57. The van der Waals surface area contributed by atoms with Crippen molar-refractivity contribution in [1.82, 2.24) is 5.32 Å². The van der Waals surface area contributed by atoms with E-state index in [2.05, 4.69) is 53.3 Å². The molecule has 0 saturated carbocycles. The second kappa shape index (κ2) is 5.83. The van der Waals surface area contributed by atoms with Crippen LogP contribution in [0.5, 0.6) is 0 Å². The van der Waals surface area contributed by atoms with Crippen LogP contribution in [-0.2, 0) is 13.0 Å². The number of aryl methyl sites for hydroxylation is 1. The molecule has 0 saturated heterocycles. The van der Waals surface area contributed by atoms with E-state index in [1.807, 2.05) is 0 Å². The molecule has 0 aliphatic rings. The molecule has 16 heavy (non-hydrogen) atoms. The SMILES string of the molecule is Cc1ccccc1CNCCc1ccsc1. The summed E-state index contributed by atoms with van der Waals surface area (Å²) >= 11 is 1.77. The van der Waals surface area contributed by atoms with Crippen molar-refractivity contribution in [3.8, 4) is 0 Å². The average Bonchev–Trinajstić information content (AvgIpc) is 2.79. The van der Waals surface area contributed by atoms with E-state index in [0.29, 0.717) is 0 Å². The minimum Gasteiger partial charge on any atom is -0.312 e. The molecule has 0 aliphatic heterocycles. The van der Waals surface area contributed by atoms with Gasteiger partial charge in [-0.15, -0.1) is 0 Å². The maximum atomic E-state index is 3.49. The van der Waals surface area contributed by atoms with Crippen molar-refractivity contribution < 1.29 is 0 Å². The van der Waals surface area contributed by atoms with Crippen LogP contribution in [0, 0.1) is 6.92 Å². The Balaban J connectivity index is 1.74. The van der Waals surface area contributed by atoms with Crippen LogP contribution in [-0.4, -0.2) is 6.54 Å². The lowest BCUT2D eigenvalue weighted by atomic mass is 10.1. The van der Waals surface area contributed by atoms with Crippen LogP contribution in [0.15, 0.2) is 41.1 Å². The molecule has 1 heterocycles. The first-order valence-electron chi connectivity index (χ1n) is 5.62. The zero-order chi connectivity index (χ0) is 11.2. The zero-order valence-corrected chi connectivity index (χ0v) is 10.4. The van der Waals surface area contributed by atoms with Gasteiger partial charge in [-0.3, -0.25) is 0 Å². The topological polar surface area (TPSA) is 12.0 Å². The highest BCUT2D eigenvalue weighted by atomic mass is 32.1. The fourth-order valence-corrected chi connectivity index (χ4v) is 2.40. The average molecular weight is 231 g/mol. The Morgan fingerprint density at radius 3 is 2.81 bits per heavy atom. The Hall–Kier alpha value is -1.12. The van der Waals surface area contributed by atoms with Crippen molar-refractivity contribution in [1.29, 1.82) is 0 Å². The minimum absolute atomic E-state index is 0.969. The van der Waals surface area contributed by atoms with Gasteiger partial charge < -0.3 is 5.32 Å². The molecule has 0 fully saturated rings. The smallest absolute Gasteiger partial charge is 0.0208 e. The van der Waals surface area contributed by atoms with E-state index in [4.69, 9.17) is 0 Å². The highest BCUT2D eigenvalue weighted by molar-refractivity contribution is 7.07. The van der Waals surface area contributed by atoms with E-state index in [0.717, 1.165) is 19.5 Å². The van der Waals surface area contributed by atoms with E-state index >= 15 is 0 Å². The molecule has 2 aromatic rings. The van der Waals surface area contributed by atoms with Crippen molar-refractivity contribution in [3.63, 3.8) is 0 Å². The van der Waals surface area contributed by atoms with Crippen molar-refractivity contribution in [2.45, 2.75) is 19.9 Å². The Morgan fingerprint density at radius 2 is 2.06 bits per heavy atom. The number of nitrogens with one attached hydrogen (secondary N) is 1. The van der Waals surface area contributed by atoms with Crippen LogP contribution in [0.1, 0.15) is 16.7 Å². The molecule has 0 unspecified atom stereocenters. The van der Waals surface area contributed by atoms with Crippen LogP contribution in [0.25, 0.3) is 0 Å². The van der Waals surface area contributed by atoms with Crippen molar-refractivity contribution >= 4 is 11.3 Å². The molecule has 0 radical (unpaired) electrons. The summed E-state index contributed by atoms with van der Waals surface area (Å²) < 4.78 is 0. The highest BCUT2D eigenvalue weighted by Crippen LogP contribution is 2.07. The summed E-state index contributed by atoms with van der Waals surface area (Å²) in [6, 6.07) is 10.7.